The first kappa shape index (κ1) is 15.4. The van der Waals surface area contributed by atoms with Crippen LogP contribution in [0.4, 0.5) is 0 Å². The lowest BCUT2D eigenvalue weighted by Crippen LogP contribution is -2.42. The molecule has 0 saturated carbocycles. The van der Waals surface area contributed by atoms with E-state index in [1.165, 1.54) is 12.0 Å². The molecule has 0 aromatic carbocycles. The van der Waals surface area contributed by atoms with Crippen LogP contribution in [0, 0.1) is 5.92 Å². The van der Waals surface area contributed by atoms with E-state index in [0.717, 1.165) is 0 Å². The van der Waals surface area contributed by atoms with Crippen LogP contribution in [0.5, 0.6) is 0 Å². The highest BCUT2D eigenvalue weighted by molar-refractivity contribution is 5.90. The highest BCUT2D eigenvalue weighted by atomic mass is 16.5. The van der Waals surface area contributed by atoms with Gasteiger partial charge in [-0.3, -0.25) is 14.4 Å². The summed E-state index contributed by atoms with van der Waals surface area (Å²) >= 11 is 0. The second-order valence-electron chi connectivity index (χ2n) is 4.48. The molecule has 108 valence electrons. The normalized spacial score (nSPS) is 18.7. The third-order valence-electron chi connectivity index (χ3n) is 3.15. The van der Waals surface area contributed by atoms with E-state index in [1.54, 1.807) is 4.90 Å². The number of nitrogens with zero attached hydrogens (tertiary/aromatic N) is 2. The molecule has 0 radical (unpaired) electrons. The molecule has 1 atom stereocenters. The van der Waals surface area contributed by atoms with Gasteiger partial charge in [0.05, 0.1) is 12.5 Å². The molecule has 1 saturated heterocycles. The van der Waals surface area contributed by atoms with Gasteiger partial charge in [-0.15, -0.1) is 0 Å². The number of rotatable bonds is 7. The quantitative estimate of drug-likeness (QED) is 0.669. The molecular weight excluding hydrogens is 252 g/mol. The van der Waals surface area contributed by atoms with Crippen LogP contribution in [0.15, 0.2) is 0 Å². The zero-order valence-corrected chi connectivity index (χ0v) is 11.3. The molecule has 7 nitrogen and oxygen atoms in total. The summed E-state index contributed by atoms with van der Waals surface area (Å²) in [5.74, 6) is -1.85. The number of hydrogen-bond donors (Lipinski definition) is 1. The van der Waals surface area contributed by atoms with Crippen LogP contribution in [0.2, 0.25) is 0 Å². The Morgan fingerprint density at radius 3 is 2.68 bits per heavy atom. The van der Waals surface area contributed by atoms with Gasteiger partial charge in [-0.1, -0.05) is 0 Å². The largest absolute Gasteiger partial charge is 0.480 e. The Balaban J connectivity index is 2.65. The Morgan fingerprint density at radius 1 is 1.53 bits per heavy atom. The fourth-order valence-corrected chi connectivity index (χ4v) is 2.13. The standard InChI is InChI=1S/C12H20N2O5/c1-3-13-7-9(6-10(13)15)12(18)14(4-5-19-2)8-11(16)17/h9H,3-8H2,1-2H3,(H,16,17). The number of carbonyl (C=O) groups is 3. The predicted molar refractivity (Wildman–Crippen MR) is 66.5 cm³/mol. The number of aliphatic carboxylic acids is 1. The number of amides is 2. The molecule has 1 unspecified atom stereocenters. The van der Waals surface area contributed by atoms with Crippen molar-refractivity contribution in [2.75, 3.05) is 39.9 Å². The third-order valence-corrected chi connectivity index (χ3v) is 3.15. The van der Waals surface area contributed by atoms with E-state index in [-0.39, 0.29) is 37.9 Å². The fraction of sp³-hybridized carbons (Fsp3) is 0.750. The van der Waals surface area contributed by atoms with Gasteiger partial charge in [0.15, 0.2) is 0 Å². The molecule has 1 fully saturated rings. The first-order valence-corrected chi connectivity index (χ1v) is 6.26. The van der Waals surface area contributed by atoms with Gasteiger partial charge in [0.2, 0.25) is 11.8 Å². The van der Waals surface area contributed by atoms with Crippen LogP contribution < -0.4 is 0 Å². The van der Waals surface area contributed by atoms with Crippen molar-refractivity contribution in [1.29, 1.82) is 0 Å². The van der Waals surface area contributed by atoms with Crippen LogP contribution >= 0.6 is 0 Å². The summed E-state index contributed by atoms with van der Waals surface area (Å²) < 4.78 is 4.87. The minimum atomic E-state index is -1.07. The van der Waals surface area contributed by atoms with E-state index in [1.807, 2.05) is 6.92 Å². The van der Waals surface area contributed by atoms with Gasteiger partial charge in [-0.25, -0.2) is 0 Å². The van der Waals surface area contributed by atoms with Gasteiger partial charge in [-0.2, -0.15) is 0 Å². The lowest BCUT2D eigenvalue weighted by Gasteiger charge is -2.23. The molecule has 1 heterocycles. The van der Waals surface area contributed by atoms with E-state index in [0.29, 0.717) is 13.1 Å². The number of likely N-dealkylation sites (tertiary alicyclic amines) is 1. The summed E-state index contributed by atoms with van der Waals surface area (Å²) in [6, 6.07) is 0. The number of carbonyl (C=O) groups excluding carboxylic acids is 2. The lowest BCUT2D eigenvalue weighted by molar-refractivity contribution is -0.146. The molecular formula is C12H20N2O5. The summed E-state index contributed by atoms with van der Waals surface area (Å²) in [5.41, 5.74) is 0. The van der Waals surface area contributed by atoms with Gasteiger partial charge in [-0.05, 0) is 6.92 Å². The fourth-order valence-electron chi connectivity index (χ4n) is 2.13. The lowest BCUT2D eigenvalue weighted by atomic mass is 10.1. The Labute approximate surface area is 112 Å². The first-order valence-electron chi connectivity index (χ1n) is 6.26. The number of carboxylic acid groups (broad SMARTS) is 1. The summed E-state index contributed by atoms with van der Waals surface area (Å²) in [7, 11) is 1.49. The summed E-state index contributed by atoms with van der Waals surface area (Å²) in [6.45, 7) is 2.93. The predicted octanol–water partition coefficient (Wildman–Crippen LogP) is -0.586. The molecule has 1 aliphatic rings. The van der Waals surface area contributed by atoms with Crippen LogP contribution in [-0.2, 0) is 19.1 Å². The van der Waals surface area contributed by atoms with Crippen molar-refractivity contribution in [2.45, 2.75) is 13.3 Å². The molecule has 0 aromatic heterocycles. The molecule has 0 aromatic rings. The van der Waals surface area contributed by atoms with E-state index in [9.17, 15) is 14.4 Å². The highest BCUT2D eigenvalue weighted by Crippen LogP contribution is 2.19. The van der Waals surface area contributed by atoms with Crippen molar-refractivity contribution in [3.8, 4) is 0 Å². The van der Waals surface area contributed by atoms with Crippen molar-refractivity contribution in [3.63, 3.8) is 0 Å². The average Bonchev–Trinajstić information content (AvgIpc) is 2.74. The van der Waals surface area contributed by atoms with Crippen molar-refractivity contribution in [2.24, 2.45) is 5.92 Å². The van der Waals surface area contributed by atoms with Gasteiger partial charge < -0.3 is 19.6 Å². The SMILES string of the molecule is CCN1CC(C(=O)N(CCOC)CC(=O)O)CC1=O. The molecule has 1 rings (SSSR count). The van der Waals surface area contributed by atoms with Gasteiger partial charge >= 0.3 is 5.97 Å². The Bertz CT molecular complexity index is 358. The highest BCUT2D eigenvalue weighted by Gasteiger charge is 2.36. The Hall–Kier alpha value is -1.63. The zero-order chi connectivity index (χ0) is 14.4. The number of ether oxygens (including phenoxy) is 1. The molecule has 7 heteroatoms. The van der Waals surface area contributed by atoms with Crippen LogP contribution in [-0.4, -0.2) is 72.6 Å². The van der Waals surface area contributed by atoms with E-state index in [2.05, 4.69) is 0 Å². The van der Waals surface area contributed by atoms with Crippen molar-refractivity contribution < 1.29 is 24.2 Å². The number of methoxy groups -OCH3 is 1. The molecule has 2 amide bonds. The van der Waals surface area contributed by atoms with Crippen LogP contribution in [0.1, 0.15) is 13.3 Å². The molecule has 0 bridgehead atoms. The van der Waals surface area contributed by atoms with E-state index >= 15 is 0 Å². The Morgan fingerprint density at radius 2 is 2.21 bits per heavy atom. The molecule has 1 N–H and O–H groups in total. The van der Waals surface area contributed by atoms with Crippen LogP contribution in [0.25, 0.3) is 0 Å². The number of hydrogen-bond acceptors (Lipinski definition) is 4. The monoisotopic (exact) mass is 272 g/mol. The topological polar surface area (TPSA) is 87.2 Å². The van der Waals surface area contributed by atoms with Gasteiger partial charge in [0.1, 0.15) is 6.54 Å². The summed E-state index contributed by atoms with van der Waals surface area (Å²) in [6.07, 6.45) is 0.162. The van der Waals surface area contributed by atoms with Crippen molar-refractivity contribution in [3.05, 3.63) is 0 Å². The molecule has 19 heavy (non-hydrogen) atoms. The maximum atomic E-state index is 12.2. The average molecular weight is 272 g/mol. The number of carboxylic acids is 1. The molecule has 0 aliphatic carbocycles. The minimum absolute atomic E-state index is 0.0529. The molecule has 1 aliphatic heterocycles. The van der Waals surface area contributed by atoms with Crippen molar-refractivity contribution >= 4 is 17.8 Å². The summed E-state index contributed by atoms with van der Waals surface area (Å²) in [4.78, 5) is 37.4. The third kappa shape index (κ3) is 4.20. The molecule has 0 spiro atoms. The van der Waals surface area contributed by atoms with Gasteiger partial charge in [0.25, 0.3) is 0 Å². The van der Waals surface area contributed by atoms with E-state index in [4.69, 9.17) is 9.84 Å². The minimum Gasteiger partial charge on any atom is -0.480 e. The van der Waals surface area contributed by atoms with Gasteiger partial charge in [0, 0.05) is 33.2 Å². The summed E-state index contributed by atoms with van der Waals surface area (Å²) in [5, 5.41) is 8.81. The second-order valence-corrected chi connectivity index (χ2v) is 4.48. The second kappa shape index (κ2) is 7.08. The van der Waals surface area contributed by atoms with Crippen molar-refractivity contribution in [1.82, 2.24) is 9.80 Å². The van der Waals surface area contributed by atoms with E-state index < -0.39 is 11.9 Å². The van der Waals surface area contributed by atoms with Crippen LogP contribution in [0.3, 0.4) is 0 Å². The first-order chi connectivity index (χ1) is 8.99. The Kier molecular flexibility index (Phi) is 5.75. The maximum absolute atomic E-state index is 12.2. The smallest absolute Gasteiger partial charge is 0.323 e. The zero-order valence-electron chi connectivity index (χ0n) is 11.3. The maximum Gasteiger partial charge on any atom is 0.323 e.